The predicted molar refractivity (Wildman–Crippen MR) is 96.6 cm³/mol. The van der Waals surface area contributed by atoms with Crippen LogP contribution in [0.15, 0.2) is 36.5 Å². The molecule has 0 spiro atoms. The maximum Gasteiger partial charge on any atom is 0.233 e. The van der Waals surface area contributed by atoms with Gasteiger partial charge < -0.3 is 14.7 Å². The number of halogens is 1. The van der Waals surface area contributed by atoms with Crippen molar-refractivity contribution in [2.45, 2.75) is 19.3 Å². The summed E-state index contributed by atoms with van der Waals surface area (Å²) in [4.78, 5) is 6.16. The Morgan fingerprint density at radius 1 is 1.38 bits per heavy atom. The number of hydrogen-bond acceptors (Lipinski definition) is 5. The zero-order valence-electron chi connectivity index (χ0n) is 14.8. The molecule has 1 aliphatic rings. The summed E-state index contributed by atoms with van der Waals surface area (Å²) in [6.07, 6.45) is 3.72. The van der Waals surface area contributed by atoms with Gasteiger partial charge in [0, 0.05) is 24.7 Å². The van der Waals surface area contributed by atoms with Crippen LogP contribution in [0.4, 0.5) is 10.1 Å². The summed E-state index contributed by atoms with van der Waals surface area (Å²) >= 11 is 0. The molecule has 6 heteroatoms. The number of anilines is 1. The summed E-state index contributed by atoms with van der Waals surface area (Å²) in [5, 5.41) is 19.7. The number of methoxy groups -OCH3 is 1. The van der Waals surface area contributed by atoms with Gasteiger partial charge in [0.1, 0.15) is 17.4 Å². The normalized spacial score (nSPS) is 19.8. The summed E-state index contributed by atoms with van der Waals surface area (Å²) in [5.74, 6) is 0.0417. The molecule has 3 rings (SSSR count). The number of aliphatic hydroxyl groups is 1. The summed E-state index contributed by atoms with van der Waals surface area (Å²) in [5.41, 5.74) is 1.28. The lowest BCUT2D eigenvalue weighted by Gasteiger charge is -2.43. The van der Waals surface area contributed by atoms with Gasteiger partial charge in [-0.05, 0) is 37.0 Å². The molecule has 5 nitrogen and oxygen atoms in total. The molecule has 1 N–H and O–H groups in total. The van der Waals surface area contributed by atoms with Gasteiger partial charge >= 0.3 is 0 Å². The van der Waals surface area contributed by atoms with Gasteiger partial charge in [0.25, 0.3) is 0 Å². The highest BCUT2D eigenvalue weighted by Gasteiger charge is 2.36. The highest BCUT2D eigenvalue weighted by atomic mass is 19.1. The van der Waals surface area contributed by atoms with Crippen molar-refractivity contribution < 1.29 is 14.2 Å². The van der Waals surface area contributed by atoms with Crippen molar-refractivity contribution in [1.82, 2.24) is 4.98 Å². The first-order valence-electron chi connectivity index (χ1n) is 8.65. The Kier molecular flexibility index (Phi) is 5.38. The van der Waals surface area contributed by atoms with Crippen LogP contribution < -0.4 is 9.64 Å². The van der Waals surface area contributed by atoms with Crippen LogP contribution >= 0.6 is 0 Å². The van der Waals surface area contributed by atoms with Crippen LogP contribution in [-0.4, -0.2) is 36.9 Å². The van der Waals surface area contributed by atoms with Crippen LogP contribution in [0.3, 0.4) is 0 Å². The van der Waals surface area contributed by atoms with Gasteiger partial charge in [-0.1, -0.05) is 18.2 Å². The van der Waals surface area contributed by atoms with E-state index >= 15 is 0 Å². The van der Waals surface area contributed by atoms with Gasteiger partial charge in [0.15, 0.2) is 0 Å². The first-order valence-corrected chi connectivity index (χ1v) is 8.65. The molecule has 2 heterocycles. The molecule has 2 aromatic rings. The molecule has 0 bridgehead atoms. The Morgan fingerprint density at radius 3 is 2.88 bits per heavy atom. The molecular weight excluding hydrogens is 333 g/mol. The van der Waals surface area contributed by atoms with E-state index in [9.17, 15) is 14.8 Å². The smallest absolute Gasteiger partial charge is 0.233 e. The van der Waals surface area contributed by atoms with Gasteiger partial charge in [-0.2, -0.15) is 5.26 Å². The van der Waals surface area contributed by atoms with E-state index in [-0.39, 0.29) is 12.4 Å². The van der Waals surface area contributed by atoms with Crippen molar-refractivity contribution in [2.75, 3.05) is 31.7 Å². The molecule has 0 amide bonds. The molecular formula is C20H22FN3O2. The van der Waals surface area contributed by atoms with Gasteiger partial charge in [-0.25, -0.2) is 9.37 Å². The minimum Gasteiger partial charge on any atom is -0.480 e. The molecule has 1 aliphatic heterocycles. The van der Waals surface area contributed by atoms with E-state index in [4.69, 9.17) is 4.74 Å². The van der Waals surface area contributed by atoms with Crippen molar-refractivity contribution in [1.29, 1.82) is 5.26 Å². The van der Waals surface area contributed by atoms with Crippen LogP contribution in [0.2, 0.25) is 0 Å². The zero-order valence-corrected chi connectivity index (χ0v) is 14.8. The van der Waals surface area contributed by atoms with Crippen molar-refractivity contribution >= 4 is 5.69 Å². The number of piperidine rings is 1. The molecule has 136 valence electrons. The number of aromatic nitrogens is 1. The SMILES string of the molecule is COc1nccc(N2CCCC(CO)(Cc3ccccc3F)C2)c1C#N. The number of rotatable bonds is 5. The largest absolute Gasteiger partial charge is 0.480 e. The third kappa shape index (κ3) is 3.49. The zero-order chi connectivity index (χ0) is 18.6. The van der Waals surface area contributed by atoms with E-state index in [0.717, 1.165) is 25.1 Å². The van der Waals surface area contributed by atoms with E-state index < -0.39 is 5.41 Å². The number of aliphatic hydroxyl groups excluding tert-OH is 1. The average molecular weight is 355 g/mol. The van der Waals surface area contributed by atoms with Crippen LogP contribution in [0, 0.1) is 22.6 Å². The number of pyridine rings is 1. The maximum absolute atomic E-state index is 14.1. The number of hydrogen-bond donors (Lipinski definition) is 1. The van der Waals surface area contributed by atoms with E-state index in [1.165, 1.54) is 13.2 Å². The minimum atomic E-state index is -0.455. The predicted octanol–water partition coefficient (Wildman–Crippen LogP) is 2.92. The van der Waals surface area contributed by atoms with E-state index in [1.54, 1.807) is 24.4 Å². The summed E-state index contributed by atoms with van der Waals surface area (Å²) < 4.78 is 19.3. The summed E-state index contributed by atoms with van der Waals surface area (Å²) in [6, 6.07) is 10.6. The van der Waals surface area contributed by atoms with Crippen LogP contribution in [0.1, 0.15) is 24.0 Å². The Morgan fingerprint density at radius 2 is 2.19 bits per heavy atom. The number of nitriles is 1. The summed E-state index contributed by atoms with van der Waals surface area (Å²) in [6.45, 7) is 1.27. The molecule has 1 aromatic heterocycles. The first-order chi connectivity index (χ1) is 12.6. The third-order valence-electron chi connectivity index (χ3n) is 5.06. The summed E-state index contributed by atoms with van der Waals surface area (Å²) in [7, 11) is 1.49. The molecule has 1 unspecified atom stereocenters. The molecule has 0 aliphatic carbocycles. The van der Waals surface area contributed by atoms with Gasteiger partial charge in [0.05, 0.1) is 19.4 Å². The fourth-order valence-electron chi connectivity index (χ4n) is 3.74. The lowest BCUT2D eigenvalue weighted by atomic mass is 9.75. The Balaban J connectivity index is 1.91. The van der Waals surface area contributed by atoms with Crippen molar-refractivity contribution in [3.63, 3.8) is 0 Å². The second-order valence-corrected chi connectivity index (χ2v) is 6.78. The van der Waals surface area contributed by atoms with Crippen molar-refractivity contribution in [2.24, 2.45) is 5.41 Å². The standard InChI is InChI=1S/C20H22FN3O2/c1-26-19-16(12-22)18(7-9-23-19)24-10-4-8-20(13-24,14-25)11-15-5-2-3-6-17(15)21/h2-3,5-7,9,25H,4,8,10-11,13-14H2,1H3. The highest BCUT2D eigenvalue weighted by Crippen LogP contribution is 2.37. The number of nitrogens with zero attached hydrogens (tertiary/aromatic N) is 3. The van der Waals surface area contributed by atoms with Crippen LogP contribution in [0.25, 0.3) is 0 Å². The van der Waals surface area contributed by atoms with Gasteiger partial charge in [0.2, 0.25) is 5.88 Å². The van der Waals surface area contributed by atoms with E-state index in [1.807, 2.05) is 6.07 Å². The molecule has 1 atom stereocenters. The Bertz CT molecular complexity index is 821. The van der Waals surface area contributed by atoms with Crippen LogP contribution in [-0.2, 0) is 6.42 Å². The first kappa shape index (κ1) is 18.2. The maximum atomic E-state index is 14.1. The second-order valence-electron chi connectivity index (χ2n) is 6.78. The molecule has 1 aromatic carbocycles. The Hall–Kier alpha value is -2.65. The lowest BCUT2D eigenvalue weighted by molar-refractivity contribution is 0.104. The lowest BCUT2D eigenvalue weighted by Crippen LogP contribution is -2.47. The molecule has 26 heavy (non-hydrogen) atoms. The Labute approximate surface area is 152 Å². The quantitative estimate of drug-likeness (QED) is 0.893. The second kappa shape index (κ2) is 7.71. The van der Waals surface area contributed by atoms with E-state index in [0.29, 0.717) is 30.0 Å². The number of benzene rings is 1. The fraction of sp³-hybridized carbons (Fsp3) is 0.400. The van der Waals surface area contributed by atoms with E-state index in [2.05, 4.69) is 16.0 Å². The number of ether oxygens (including phenoxy) is 1. The van der Waals surface area contributed by atoms with Crippen LogP contribution in [0.5, 0.6) is 5.88 Å². The average Bonchev–Trinajstić information content (AvgIpc) is 2.69. The molecule has 1 fully saturated rings. The highest BCUT2D eigenvalue weighted by molar-refractivity contribution is 5.63. The van der Waals surface area contributed by atoms with Crippen molar-refractivity contribution in [3.05, 3.63) is 53.5 Å². The molecule has 0 radical (unpaired) electrons. The van der Waals surface area contributed by atoms with Crippen molar-refractivity contribution in [3.8, 4) is 11.9 Å². The van der Waals surface area contributed by atoms with Gasteiger partial charge in [-0.15, -0.1) is 0 Å². The molecule has 1 saturated heterocycles. The fourth-order valence-corrected chi connectivity index (χ4v) is 3.74. The monoisotopic (exact) mass is 355 g/mol. The minimum absolute atomic E-state index is 0.0397. The van der Waals surface area contributed by atoms with Gasteiger partial charge in [-0.3, -0.25) is 0 Å². The topological polar surface area (TPSA) is 69.4 Å². The third-order valence-corrected chi connectivity index (χ3v) is 5.06. The molecule has 0 saturated carbocycles.